The molecule has 1 aromatic rings. The van der Waals surface area contributed by atoms with Crippen molar-refractivity contribution in [2.24, 2.45) is 0 Å². The van der Waals surface area contributed by atoms with Gasteiger partial charge in [0, 0.05) is 46.4 Å². The van der Waals surface area contributed by atoms with Crippen LogP contribution in [0.3, 0.4) is 0 Å². The Morgan fingerprint density at radius 3 is 2.48 bits per heavy atom. The number of likely N-dealkylation sites (N-methyl/N-ethyl adjacent to an activating group) is 1. The van der Waals surface area contributed by atoms with Crippen LogP contribution in [0.25, 0.3) is 0 Å². The minimum Gasteiger partial charge on any atom is -0.492 e. The molecule has 1 aliphatic carbocycles. The lowest BCUT2D eigenvalue weighted by atomic mass is 9.70. The van der Waals surface area contributed by atoms with E-state index in [-0.39, 0.29) is 54.0 Å². The van der Waals surface area contributed by atoms with E-state index in [1.807, 2.05) is 4.90 Å². The van der Waals surface area contributed by atoms with Gasteiger partial charge in [-0.3, -0.25) is 29.0 Å². The quantitative estimate of drug-likeness (QED) is 0.215. The van der Waals surface area contributed by atoms with E-state index in [9.17, 15) is 29.1 Å². The first-order chi connectivity index (χ1) is 21.0. The zero-order valence-corrected chi connectivity index (χ0v) is 25.4. The number of benzene rings is 1. The molecule has 0 spiro atoms. The van der Waals surface area contributed by atoms with Crippen molar-refractivity contribution in [1.29, 1.82) is 0 Å². The lowest BCUT2D eigenvalue weighted by Crippen LogP contribution is -2.73. The van der Waals surface area contributed by atoms with Gasteiger partial charge in [-0.2, -0.15) is 0 Å². The molecule has 1 N–H and O–H groups in total. The third-order valence-electron chi connectivity index (χ3n) is 9.52. The average molecular weight is 627 g/mol. The summed E-state index contributed by atoms with van der Waals surface area (Å²) < 4.78 is 28.5. The van der Waals surface area contributed by atoms with Crippen molar-refractivity contribution in [1.82, 2.24) is 9.80 Å². The summed E-state index contributed by atoms with van der Waals surface area (Å²) in [5, 5.41) is 11.4. The summed E-state index contributed by atoms with van der Waals surface area (Å²) >= 11 is 1.11. The van der Waals surface area contributed by atoms with Gasteiger partial charge in [0.15, 0.2) is 23.0 Å². The first kappa shape index (κ1) is 29.0. The number of piperazine rings is 1. The standard InChI is InChI=1S/C30H30N2O11S/c1-10-22(35)13-6-14-29(37)32-15-7-40-30(38)16(34)8-44-28(21(32)20(31(14)4)17(13)23(36)25(10)39-5)19-18(15)27-26(41-9-42-27)11(2)24(19)43-12(3)33/h14-15,20-21,28-29,37H,6-9H2,1-5H3/t14-,15-,20+,21?,28+,29-/m0/s1. The molecule has 232 valence electrons. The molecule has 1 unspecified atom stereocenters. The lowest BCUT2D eigenvalue weighted by molar-refractivity contribution is -0.179. The van der Waals surface area contributed by atoms with E-state index in [0.29, 0.717) is 33.8 Å². The van der Waals surface area contributed by atoms with Crippen LogP contribution >= 0.6 is 11.8 Å². The third kappa shape index (κ3) is 3.80. The fourth-order valence-electron chi connectivity index (χ4n) is 7.71. The van der Waals surface area contributed by atoms with Gasteiger partial charge in [-0.1, -0.05) is 0 Å². The van der Waals surface area contributed by atoms with E-state index >= 15 is 0 Å². The highest BCUT2D eigenvalue weighted by atomic mass is 32.2. The molecular formula is C30H30N2O11S. The molecule has 7 rings (SSSR count). The van der Waals surface area contributed by atoms with Gasteiger partial charge >= 0.3 is 11.9 Å². The summed E-state index contributed by atoms with van der Waals surface area (Å²) in [6.07, 6.45) is -1.09. The Balaban J connectivity index is 1.53. The van der Waals surface area contributed by atoms with Gasteiger partial charge in [-0.15, -0.1) is 11.8 Å². The van der Waals surface area contributed by atoms with Gasteiger partial charge in [0.05, 0.1) is 36.2 Å². The minimum atomic E-state index is -1.20. The highest BCUT2D eigenvalue weighted by molar-refractivity contribution is 8.00. The molecule has 14 heteroatoms. The molecular weight excluding hydrogens is 596 g/mol. The molecule has 2 saturated heterocycles. The van der Waals surface area contributed by atoms with Crippen LogP contribution in [0.5, 0.6) is 17.2 Å². The van der Waals surface area contributed by atoms with Crippen molar-refractivity contribution in [2.45, 2.75) is 62.8 Å². The molecule has 1 aromatic carbocycles. The highest BCUT2D eigenvalue weighted by Crippen LogP contribution is 2.61. The predicted molar refractivity (Wildman–Crippen MR) is 151 cm³/mol. The van der Waals surface area contributed by atoms with Gasteiger partial charge in [-0.25, -0.2) is 4.79 Å². The Labute approximate surface area is 256 Å². The maximum Gasteiger partial charge on any atom is 0.375 e. The molecule has 4 bridgehead atoms. The van der Waals surface area contributed by atoms with Gasteiger partial charge in [0.2, 0.25) is 18.4 Å². The maximum absolute atomic E-state index is 14.1. The second kappa shape index (κ2) is 10.2. The van der Waals surface area contributed by atoms with Crippen LogP contribution in [-0.2, 0) is 33.4 Å². The number of carbonyl (C=O) groups excluding carboxylic acids is 5. The number of rotatable bonds is 2. The topological polar surface area (TPSA) is 158 Å². The molecule has 6 atom stereocenters. The second-order valence-corrected chi connectivity index (χ2v) is 12.8. The normalized spacial score (nSPS) is 31.4. The van der Waals surface area contributed by atoms with E-state index < -0.39 is 59.2 Å². The molecule has 0 saturated carbocycles. The number of carbonyl (C=O) groups is 5. The highest BCUT2D eigenvalue weighted by Gasteiger charge is 2.62. The summed E-state index contributed by atoms with van der Waals surface area (Å²) in [5.74, 6) is -2.48. The van der Waals surface area contributed by atoms with Crippen LogP contribution < -0.4 is 14.2 Å². The number of esters is 2. The van der Waals surface area contributed by atoms with Crippen molar-refractivity contribution in [3.63, 3.8) is 0 Å². The molecule has 0 radical (unpaired) electrons. The third-order valence-corrected chi connectivity index (χ3v) is 10.8. The van der Waals surface area contributed by atoms with Crippen molar-refractivity contribution < 1.29 is 52.8 Å². The number of aliphatic hydroxyl groups excluding tert-OH is 1. The number of allylic oxidation sites excluding steroid dienone is 2. The average Bonchev–Trinajstić information content (AvgIpc) is 3.48. The molecule has 2 fully saturated rings. The number of fused-ring (bicyclic) bond motifs is 8. The Hall–Kier alpha value is -3.72. The van der Waals surface area contributed by atoms with E-state index in [4.69, 9.17) is 23.7 Å². The summed E-state index contributed by atoms with van der Waals surface area (Å²) in [6, 6.07) is -3.01. The molecule has 6 aliphatic rings. The molecule has 44 heavy (non-hydrogen) atoms. The summed E-state index contributed by atoms with van der Waals surface area (Å²) in [4.78, 5) is 69.4. The number of ether oxygens (including phenoxy) is 5. The van der Waals surface area contributed by atoms with Crippen molar-refractivity contribution in [3.05, 3.63) is 39.2 Å². The summed E-state index contributed by atoms with van der Waals surface area (Å²) in [7, 11) is 3.13. The van der Waals surface area contributed by atoms with Gasteiger partial charge in [0.1, 0.15) is 18.6 Å². The zero-order valence-electron chi connectivity index (χ0n) is 24.6. The minimum absolute atomic E-state index is 0.0414. The van der Waals surface area contributed by atoms with Crippen molar-refractivity contribution in [3.8, 4) is 17.2 Å². The van der Waals surface area contributed by atoms with Crippen LogP contribution in [0.2, 0.25) is 0 Å². The monoisotopic (exact) mass is 626 g/mol. The predicted octanol–water partition coefficient (Wildman–Crippen LogP) is 1.05. The van der Waals surface area contributed by atoms with Crippen molar-refractivity contribution in [2.75, 3.05) is 33.3 Å². The number of nitrogens with zero attached hydrogens (tertiary/aromatic N) is 2. The summed E-state index contributed by atoms with van der Waals surface area (Å²) in [5.41, 5.74) is 2.31. The molecule has 0 aromatic heterocycles. The Kier molecular flexibility index (Phi) is 6.70. The maximum atomic E-state index is 14.1. The van der Waals surface area contributed by atoms with E-state index in [0.717, 1.165) is 11.8 Å². The van der Waals surface area contributed by atoms with E-state index in [2.05, 4.69) is 0 Å². The number of Topliss-reactive ketones (excluding diaryl/α,β-unsaturated/α-hetero) is 3. The van der Waals surface area contributed by atoms with E-state index in [1.165, 1.54) is 14.0 Å². The van der Waals surface area contributed by atoms with Gasteiger partial charge in [-0.05, 0) is 27.3 Å². The van der Waals surface area contributed by atoms with Crippen LogP contribution in [0.15, 0.2) is 22.5 Å². The van der Waals surface area contributed by atoms with Crippen LogP contribution in [0, 0.1) is 6.92 Å². The fraction of sp³-hybridized carbons (Fsp3) is 0.500. The van der Waals surface area contributed by atoms with Crippen LogP contribution in [0.4, 0.5) is 0 Å². The number of hydrogen-bond acceptors (Lipinski definition) is 14. The first-order valence-electron chi connectivity index (χ1n) is 14.2. The zero-order chi connectivity index (χ0) is 31.4. The fourth-order valence-corrected chi connectivity index (χ4v) is 9.05. The number of ketones is 3. The number of hydrogen-bond donors (Lipinski definition) is 1. The number of thioether (sulfide) groups is 1. The number of methoxy groups -OCH3 is 1. The Bertz CT molecular complexity index is 1650. The SMILES string of the molecule is COC1=C(C)C(=O)C2=C(C1=O)[C@@H]1C3[C@@H]4SCC(=O)C(=O)OC[C@@H](c5c6c(c(C)c(OC(C)=O)c54)OCO6)N3[C@@H](O)[C@H](C2)N1C. The van der Waals surface area contributed by atoms with Gasteiger partial charge < -0.3 is 28.8 Å². The molecule has 5 heterocycles. The number of cyclic esters (lactones) is 1. The van der Waals surface area contributed by atoms with Crippen LogP contribution in [-0.4, -0.2) is 102 Å². The van der Waals surface area contributed by atoms with Crippen LogP contribution in [0.1, 0.15) is 48.3 Å². The second-order valence-electron chi connectivity index (χ2n) is 11.7. The summed E-state index contributed by atoms with van der Waals surface area (Å²) in [6.45, 7) is 4.10. The lowest BCUT2D eigenvalue weighted by Gasteiger charge is -2.62. The Morgan fingerprint density at radius 1 is 1.05 bits per heavy atom. The number of aliphatic hydroxyl groups is 1. The van der Waals surface area contributed by atoms with Gasteiger partial charge in [0.25, 0.3) is 0 Å². The first-order valence-corrected chi connectivity index (χ1v) is 15.2. The molecule has 0 amide bonds. The Morgan fingerprint density at radius 2 is 1.77 bits per heavy atom. The van der Waals surface area contributed by atoms with E-state index in [1.54, 1.807) is 25.8 Å². The molecule has 13 nitrogen and oxygen atoms in total. The molecule has 5 aliphatic heterocycles. The largest absolute Gasteiger partial charge is 0.492 e. The smallest absolute Gasteiger partial charge is 0.375 e. The van der Waals surface area contributed by atoms with Crippen molar-refractivity contribution >= 4 is 41.1 Å².